The maximum Gasteiger partial charge on any atom is 0.329 e. The molecule has 0 aliphatic heterocycles. The van der Waals surface area contributed by atoms with E-state index in [1.165, 1.54) is 6.92 Å². The van der Waals surface area contributed by atoms with E-state index in [-0.39, 0.29) is 23.8 Å². The summed E-state index contributed by atoms with van der Waals surface area (Å²) in [6, 6.07) is 12.0. The Balaban J connectivity index is 1.70. The van der Waals surface area contributed by atoms with Crippen molar-refractivity contribution in [2.75, 3.05) is 14.2 Å². The first kappa shape index (κ1) is 22.0. The number of methoxy groups -OCH3 is 2. The lowest BCUT2D eigenvalue weighted by atomic mass is 9.92. The van der Waals surface area contributed by atoms with Crippen molar-refractivity contribution in [3.63, 3.8) is 0 Å². The summed E-state index contributed by atoms with van der Waals surface area (Å²) in [6.45, 7) is 3.92. The third-order valence-electron chi connectivity index (χ3n) is 6.25. The van der Waals surface area contributed by atoms with Crippen LogP contribution >= 0.6 is 0 Å². The molecule has 3 aromatic rings. The smallest absolute Gasteiger partial charge is 0.329 e. The average Bonchev–Trinajstić information content (AvgIpc) is 3.04. The van der Waals surface area contributed by atoms with Gasteiger partial charge in [-0.25, -0.2) is 4.79 Å². The van der Waals surface area contributed by atoms with Gasteiger partial charge in [0.05, 0.1) is 31.8 Å². The van der Waals surface area contributed by atoms with Gasteiger partial charge < -0.3 is 14.2 Å². The van der Waals surface area contributed by atoms with E-state index in [4.69, 9.17) is 14.2 Å². The number of benzene rings is 2. The number of esters is 1. The van der Waals surface area contributed by atoms with Crippen LogP contribution in [0.1, 0.15) is 49.8 Å². The molecule has 2 aromatic carbocycles. The van der Waals surface area contributed by atoms with Gasteiger partial charge in [0.2, 0.25) is 0 Å². The Hall–Kier alpha value is -3.22. The first-order valence-corrected chi connectivity index (χ1v) is 11.0. The van der Waals surface area contributed by atoms with E-state index in [2.05, 4.69) is 6.07 Å². The standard InChI is InChI=1S/C25H30N2O5/c1-16-5-11-21-22(13-16)26(15-18-6-12-23(30-3)24(14-18)31-4)25(29)27(21)19-7-9-20(10-8-19)32-17(2)28/h5-6,11-14,19-20H,7-10,15H2,1-4H3/t19-,20-. The van der Waals surface area contributed by atoms with Crippen LogP contribution in [0.3, 0.4) is 0 Å². The zero-order chi connectivity index (χ0) is 22.8. The Labute approximate surface area is 187 Å². The Kier molecular flexibility index (Phi) is 6.26. The van der Waals surface area contributed by atoms with E-state index in [9.17, 15) is 9.59 Å². The Morgan fingerprint density at radius 3 is 2.34 bits per heavy atom. The van der Waals surface area contributed by atoms with Gasteiger partial charge in [0, 0.05) is 13.0 Å². The number of nitrogens with zero attached hydrogens (tertiary/aromatic N) is 2. The summed E-state index contributed by atoms with van der Waals surface area (Å²) in [6.07, 6.45) is 3.10. The third kappa shape index (κ3) is 4.24. The molecule has 1 heterocycles. The lowest BCUT2D eigenvalue weighted by Crippen LogP contribution is -2.32. The first-order chi connectivity index (χ1) is 15.4. The Bertz CT molecular complexity index is 1180. The van der Waals surface area contributed by atoms with Crippen molar-refractivity contribution in [1.29, 1.82) is 0 Å². The molecule has 0 amide bonds. The van der Waals surface area contributed by atoms with E-state index < -0.39 is 0 Å². The Morgan fingerprint density at radius 2 is 1.69 bits per heavy atom. The summed E-state index contributed by atoms with van der Waals surface area (Å²) in [5.74, 6) is 1.06. The summed E-state index contributed by atoms with van der Waals surface area (Å²) in [5.41, 5.74) is 3.92. The molecule has 4 rings (SSSR count). The number of aromatic nitrogens is 2. The topological polar surface area (TPSA) is 71.7 Å². The third-order valence-corrected chi connectivity index (χ3v) is 6.25. The number of hydrogen-bond acceptors (Lipinski definition) is 5. The molecule has 0 bridgehead atoms. The Morgan fingerprint density at radius 1 is 0.969 bits per heavy atom. The highest BCUT2D eigenvalue weighted by Crippen LogP contribution is 2.33. The average molecular weight is 439 g/mol. The van der Waals surface area contributed by atoms with Crippen molar-refractivity contribution >= 4 is 17.0 Å². The molecule has 1 saturated carbocycles. The van der Waals surface area contributed by atoms with Gasteiger partial charge in [0.15, 0.2) is 11.5 Å². The molecule has 0 spiro atoms. The van der Waals surface area contributed by atoms with Crippen molar-refractivity contribution in [3.05, 3.63) is 58.0 Å². The fraction of sp³-hybridized carbons (Fsp3) is 0.440. The van der Waals surface area contributed by atoms with Gasteiger partial charge in [0.1, 0.15) is 6.10 Å². The van der Waals surface area contributed by atoms with Crippen LogP contribution in [-0.2, 0) is 16.1 Å². The quantitative estimate of drug-likeness (QED) is 0.539. The summed E-state index contributed by atoms with van der Waals surface area (Å²) >= 11 is 0. The highest BCUT2D eigenvalue weighted by Gasteiger charge is 2.27. The summed E-state index contributed by atoms with van der Waals surface area (Å²) in [4.78, 5) is 24.9. The first-order valence-electron chi connectivity index (χ1n) is 11.0. The predicted octanol–water partition coefficient (Wildman–Crippen LogP) is 4.22. The minimum absolute atomic E-state index is 0.0173. The van der Waals surface area contributed by atoms with Crippen LogP contribution in [0, 0.1) is 6.92 Å². The van der Waals surface area contributed by atoms with Gasteiger partial charge in [-0.05, 0) is 68.0 Å². The molecular formula is C25H30N2O5. The number of aryl methyl sites for hydroxylation is 1. The van der Waals surface area contributed by atoms with Gasteiger partial charge >= 0.3 is 11.7 Å². The molecule has 0 N–H and O–H groups in total. The molecule has 7 nitrogen and oxygen atoms in total. The van der Waals surface area contributed by atoms with Gasteiger partial charge in [-0.3, -0.25) is 13.9 Å². The second kappa shape index (κ2) is 9.10. The molecule has 0 atom stereocenters. The molecule has 170 valence electrons. The number of carbonyl (C=O) groups is 1. The lowest BCUT2D eigenvalue weighted by molar-refractivity contribution is -0.148. The van der Waals surface area contributed by atoms with Crippen molar-refractivity contribution in [2.45, 2.75) is 58.2 Å². The SMILES string of the molecule is COc1ccc(Cn2c(=O)n([C@H]3CC[C@H](OC(C)=O)CC3)c3ccc(C)cc32)cc1OC. The zero-order valence-corrected chi connectivity index (χ0v) is 19.1. The molecule has 1 aliphatic carbocycles. The van der Waals surface area contributed by atoms with Gasteiger partial charge in [-0.2, -0.15) is 0 Å². The van der Waals surface area contributed by atoms with Crippen molar-refractivity contribution in [3.8, 4) is 11.5 Å². The summed E-state index contributed by atoms with van der Waals surface area (Å²) in [7, 11) is 3.21. The minimum atomic E-state index is -0.243. The highest BCUT2D eigenvalue weighted by molar-refractivity contribution is 5.77. The molecule has 1 aliphatic rings. The fourth-order valence-corrected chi connectivity index (χ4v) is 4.71. The molecule has 32 heavy (non-hydrogen) atoms. The van der Waals surface area contributed by atoms with Crippen LogP contribution in [-0.4, -0.2) is 35.4 Å². The summed E-state index contributed by atoms with van der Waals surface area (Å²) < 4.78 is 19.9. The number of carbonyl (C=O) groups excluding carboxylic acids is 1. The minimum Gasteiger partial charge on any atom is -0.493 e. The number of rotatable bonds is 6. The van der Waals surface area contributed by atoms with Crippen LogP contribution in [0.15, 0.2) is 41.2 Å². The van der Waals surface area contributed by atoms with E-state index in [0.717, 1.165) is 47.8 Å². The largest absolute Gasteiger partial charge is 0.493 e. The number of ether oxygens (including phenoxy) is 3. The molecule has 0 saturated heterocycles. The number of hydrogen-bond donors (Lipinski definition) is 0. The van der Waals surface area contributed by atoms with Crippen LogP contribution in [0.2, 0.25) is 0 Å². The zero-order valence-electron chi connectivity index (χ0n) is 19.1. The van der Waals surface area contributed by atoms with E-state index in [1.807, 2.05) is 46.4 Å². The highest BCUT2D eigenvalue weighted by atomic mass is 16.5. The number of fused-ring (bicyclic) bond motifs is 1. The molecule has 0 radical (unpaired) electrons. The van der Waals surface area contributed by atoms with E-state index >= 15 is 0 Å². The molecule has 0 unspecified atom stereocenters. The molecule has 7 heteroatoms. The maximum atomic E-state index is 13.6. The monoisotopic (exact) mass is 438 g/mol. The summed E-state index contributed by atoms with van der Waals surface area (Å²) in [5, 5.41) is 0. The van der Waals surface area contributed by atoms with Crippen molar-refractivity contribution in [1.82, 2.24) is 9.13 Å². The second-order valence-electron chi connectivity index (χ2n) is 8.46. The molecular weight excluding hydrogens is 408 g/mol. The van der Waals surface area contributed by atoms with Crippen molar-refractivity contribution < 1.29 is 19.0 Å². The van der Waals surface area contributed by atoms with Gasteiger partial charge in [-0.15, -0.1) is 0 Å². The van der Waals surface area contributed by atoms with E-state index in [0.29, 0.717) is 18.0 Å². The fourth-order valence-electron chi connectivity index (χ4n) is 4.71. The van der Waals surface area contributed by atoms with Crippen molar-refractivity contribution in [2.24, 2.45) is 0 Å². The van der Waals surface area contributed by atoms with Crippen LogP contribution in [0.5, 0.6) is 11.5 Å². The maximum absolute atomic E-state index is 13.6. The van der Waals surface area contributed by atoms with E-state index in [1.54, 1.807) is 14.2 Å². The van der Waals surface area contributed by atoms with Crippen LogP contribution in [0.4, 0.5) is 0 Å². The van der Waals surface area contributed by atoms with Gasteiger partial charge in [0.25, 0.3) is 0 Å². The lowest BCUT2D eigenvalue weighted by Gasteiger charge is -2.28. The van der Waals surface area contributed by atoms with Gasteiger partial charge in [-0.1, -0.05) is 12.1 Å². The molecule has 1 aromatic heterocycles. The second-order valence-corrected chi connectivity index (χ2v) is 8.46. The van der Waals surface area contributed by atoms with Crippen LogP contribution in [0.25, 0.3) is 11.0 Å². The number of imidazole rings is 1. The molecule has 1 fully saturated rings. The predicted molar refractivity (Wildman–Crippen MR) is 123 cm³/mol. The normalized spacial score (nSPS) is 18.5. The van der Waals surface area contributed by atoms with Crippen LogP contribution < -0.4 is 15.2 Å².